The molecule has 0 radical (unpaired) electrons. The van der Waals surface area contributed by atoms with Crippen molar-refractivity contribution in [2.24, 2.45) is 0 Å². The van der Waals surface area contributed by atoms with Crippen LogP contribution >= 0.6 is 11.6 Å². The molecule has 9 heteroatoms. The lowest BCUT2D eigenvalue weighted by molar-refractivity contribution is -0.119. The van der Waals surface area contributed by atoms with Gasteiger partial charge in [-0.15, -0.1) is 0 Å². The third-order valence-electron chi connectivity index (χ3n) is 4.05. The molecule has 0 bridgehead atoms. The summed E-state index contributed by atoms with van der Waals surface area (Å²) in [5, 5.41) is 2.95. The second-order valence-corrected chi connectivity index (χ2v) is 8.45. The van der Waals surface area contributed by atoms with E-state index in [-0.39, 0.29) is 17.0 Å². The van der Waals surface area contributed by atoms with E-state index in [1.165, 1.54) is 6.07 Å². The highest BCUT2D eigenvalue weighted by Gasteiger charge is 2.20. The molecule has 2 aromatic rings. The van der Waals surface area contributed by atoms with Gasteiger partial charge in [0.25, 0.3) is 5.56 Å². The zero-order chi connectivity index (χ0) is 19.6. The van der Waals surface area contributed by atoms with Crippen LogP contribution in [0.4, 0.5) is 5.69 Å². The number of hydrogen-bond acceptors (Lipinski definition) is 4. The average molecular weight is 408 g/mol. The van der Waals surface area contributed by atoms with Gasteiger partial charge in [-0.3, -0.25) is 14.3 Å². The fraction of sp³-hybridized carbons (Fsp3) is 0.222. The first-order chi connectivity index (χ1) is 12.7. The molecule has 3 N–H and O–H groups in total. The highest BCUT2D eigenvalue weighted by molar-refractivity contribution is 7.92. The minimum atomic E-state index is -3.37. The van der Waals surface area contributed by atoms with Crippen LogP contribution in [0.1, 0.15) is 24.1 Å². The molecule has 1 aromatic carbocycles. The summed E-state index contributed by atoms with van der Waals surface area (Å²) in [6, 6.07) is 9.79. The Morgan fingerprint density at radius 1 is 1.19 bits per heavy atom. The second-order valence-electron chi connectivity index (χ2n) is 6.29. The molecule has 0 aliphatic carbocycles. The first kappa shape index (κ1) is 19.2. The van der Waals surface area contributed by atoms with Crippen LogP contribution in [0.3, 0.4) is 0 Å². The Bertz CT molecular complexity index is 1060. The number of nitrogens with one attached hydrogen (secondary N) is 3. The number of carbonyl (C=O) groups excluding carboxylic acids is 1. The molecule has 1 fully saturated rings. The lowest BCUT2D eigenvalue weighted by atomic mass is 9.99. The maximum atomic E-state index is 11.9. The van der Waals surface area contributed by atoms with Crippen molar-refractivity contribution in [2.75, 3.05) is 11.0 Å². The van der Waals surface area contributed by atoms with Crippen LogP contribution in [-0.2, 0) is 14.8 Å². The summed E-state index contributed by atoms with van der Waals surface area (Å²) >= 11 is 5.82. The Labute approximate surface area is 161 Å². The van der Waals surface area contributed by atoms with E-state index in [1.807, 2.05) is 6.08 Å². The number of carbonyl (C=O) groups is 1. The number of benzene rings is 1. The summed E-state index contributed by atoms with van der Waals surface area (Å²) in [7, 11) is -3.37. The van der Waals surface area contributed by atoms with Gasteiger partial charge in [-0.05, 0) is 36.2 Å². The quantitative estimate of drug-likeness (QED) is 0.705. The Morgan fingerprint density at radius 2 is 1.89 bits per heavy atom. The van der Waals surface area contributed by atoms with Gasteiger partial charge in [0.2, 0.25) is 15.9 Å². The largest absolute Gasteiger partial charge is 0.350 e. The van der Waals surface area contributed by atoms with Crippen molar-refractivity contribution in [1.82, 2.24) is 10.3 Å². The number of aromatic amines is 1. The third kappa shape index (κ3) is 4.99. The van der Waals surface area contributed by atoms with E-state index in [4.69, 9.17) is 11.6 Å². The van der Waals surface area contributed by atoms with E-state index < -0.39 is 15.6 Å². The predicted octanol–water partition coefficient (Wildman–Crippen LogP) is 2.11. The summed E-state index contributed by atoms with van der Waals surface area (Å²) < 4.78 is 25.1. The number of anilines is 1. The van der Waals surface area contributed by atoms with E-state index in [2.05, 4.69) is 15.0 Å². The minimum Gasteiger partial charge on any atom is -0.350 e. The molecule has 1 aliphatic rings. The first-order valence-electron chi connectivity index (χ1n) is 8.20. The molecule has 1 atom stereocenters. The Balaban J connectivity index is 2.01. The van der Waals surface area contributed by atoms with Crippen molar-refractivity contribution >= 4 is 38.8 Å². The van der Waals surface area contributed by atoms with Crippen molar-refractivity contribution in [2.45, 2.75) is 18.9 Å². The number of halogens is 1. The number of H-pyrrole nitrogens is 1. The monoisotopic (exact) mass is 407 g/mol. The standard InChI is InChI=1S/C18H18ClN3O4S/c1-27(25,26)22-12-4-2-11(3-5-12)14(10-13-6-9-17(23)20-13)16-8-7-15(19)18(24)21-16/h2-5,7-8,10,13,22H,6,9H2,1H3,(H,20,23)(H,21,24)/t13-/m1/s1. The van der Waals surface area contributed by atoms with Crippen molar-refractivity contribution in [3.8, 4) is 0 Å². The highest BCUT2D eigenvalue weighted by Crippen LogP contribution is 2.26. The molecule has 0 saturated carbocycles. The van der Waals surface area contributed by atoms with E-state index >= 15 is 0 Å². The fourth-order valence-corrected chi connectivity index (χ4v) is 3.52. The second kappa shape index (κ2) is 7.58. The van der Waals surface area contributed by atoms with Crippen LogP contribution in [0.5, 0.6) is 0 Å². The van der Waals surface area contributed by atoms with Crippen molar-refractivity contribution < 1.29 is 13.2 Å². The predicted molar refractivity (Wildman–Crippen MR) is 105 cm³/mol. The number of sulfonamides is 1. The lowest BCUT2D eigenvalue weighted by Crippen LogP contribution is -2.23. The molecule has 2 heterocycles. The molecule has 1 amide bonds. The molecule has 1 aromatic heterocycles. The molecule has 3 rings (SSSR count). The summed E-state index contributed by atoms with van der Waals surface area (Å²) in [6.07, 6.45) is 4.06. The molecular weight excluding hydrogens is 390 g/mol. The maximum absolute atomic E-state index is 11.9. The zero-order valence-corrected chi connectivity index (χ0v) is 16.0. The zero-order valence-electron chi connectivity index (χ0n) is 14.5. The smallest absolute Gasteiger partial charge is 0.267 e. The molecule has 1 saturated heterocycles. The van der Waals surface area contributed by atoms with Crippen LogP contribution in [0.15, 0.2) is 47.3 Å². The van der Waals surface area contributed by atoms with Crippen molar-refractivity contribution in [1.29, 1.82) is 0 Å². The van der Waals surface area contributed by atoms with Crippen LogP contribution in [0.25, 0.3) is 5.57 Å². The number of rotatable bonds is 5. The molecule has 142 valence electrons. The number of pyridine rings is 1. The summed E-state index contributed by atoms with van der Waals surface area (Å²) in [5.74, 6) is -0.0205. The normalized spacial score (nSPS) is 17.6. The summed E-state index contributed by atoms with van der Waals surface area (Å²) in [6.45, 7) is 0. The van der Waals surface area contributed by atoms with E-state index in [1.54, 1.807) is 30.3 Å². The van der Waals surface area contributed by atoms with Gasteiger partial charge in [0.15, 0.2) is 0 Å². The van der Waals surface area contributed by atoms with E-state index in [0.717, 1.165) is 11.8 Å². The van der Waals surface area contributed by atoms with Gasteiger partial charge in [0, 0.05) is 29.4 Å². The Morgan fingerprint density at radius 3 is 2.44 bits per heavy atom. The van der Waals surface area contributed by atoms with Gasteiger partial charge in [-0.25, -0.2) is 8.42 Å². The van der Waals surface area contributed by atoms with Gasteiger partial charge in [-0.2, -0.15) is 0 Å². The van der Waals surface area contributed by atoms with Gasteiger partial charge in [0.05, 0.1) is 6.26 Å². The fourth-order valence-electron chi connectivity index (χ4n) is 2.85. The van der Waals surface area contributed by atoms with Crippen LogP contribution in [-0.4, -0.2) is 31.6 Å². The molecular formula is C18H18ClN3O4S. The van der Waals surface area contributed by atoms with E-state index in [0.29, 0.717) is 29.8 Å². The van der Waals surface area contributed by atoms with Crippen molar-refractivity contribution in [3.63, 3.8) is 0 Å². The lowest BCUT2D eigenvalue weighted by Gasteiger charge is -2.13. The Kier molecular flexibility index (Phi) is 5.38. The average Bonchev–Trinajstić information content (AvgIpc) is 3.00. The number of aromatic nitrogens is 1. The van der Waals surface area contributed by atoms with Gasteiger partial charge < -0.3 is 10.3 Å². The molecule has 7 nitrogen and oxygen atoms in total. The van der Waals surface area contributed by atoms with Crippen LogP contribution in [0, 0.1) is 0 Å². The van der Waals surface area contributed by atoms with Crippen molar-refractivity contribution in [3.05, 3.63) is 69.1 Å². The third-order valence-corrected chi connectivity index (χ3v) is 4.95. The SMILES string of the molecule is CS(=O)(=O)Nc1ccc(C(=C[C@H]2CCC(=O)N2)c2ccc(Cl)c(=O)[nH]2)cc1. The van der Waals surface area contributed by atoms with Crippen LogP contribution < -0.4 is 15.6 Å². The highest BCUT2D eigenvalue weighted by atomic mass is 35.5. The van der Waals surface area contributed by atoms with Gasteiger partial charge in [0.1, 0.15) is 5.02 Å². The molecule has 1 aliphatic heterocycles. The number of amides is 1. The summed E-state index contributed by atoms with van der Waals surface area (Å²) in [4.78, 5) is 26.2. The Hall–Kier alpha value is -2.58. The maximum Gasteiger partial charge on any atom is 0.267 e. The molecule has 27 heavy (non-hydrogen) atoms. The van der Waals surface area contributed by atoms with Gasteiger partial charge >= 0.3 is 0 Å². The number of hydrogen-bond donors (Lipinski definition) is 3. The first-order valence-corrected chi connectivity index (χ1v) is 10.5. The molecule has 0 spiro atoms. The van der Waals surface area contributed by atoms with E-state index in [9.17, 15) is 18.0 Å². The van der Waals surface area contributed by atoms with Gasteiger partial charge in [-0.1, -0.05) is 29.8 Å². The topological polar surface area (TPSA) is 108 Å². The summed E-state index contributed by atoms with van der Waals surface area (Å²) in [5.41, 5.74) is 2.04. The molecule has 0 unspecified atom stereocenters. The van der Waals surface area contributed by atoms with Crippen LogP contribution in [0.2, 0.25) is 5.02 Å². The minimum absolute atomic E-state index is 0.0205.